The number of nitrogen functional groups attached to an aromatic ring is 1. The maximum absolute atomic E-state index is 5.74. The molecule has 0 amide bonds. The van der Waals surface area contributed by atoms with E-state index in [1.165, 1.54) is 11.1 Å². The van der Waals surface area contributed by atoms with Gasteiger partial charge in [0.2, 0.25) is 0 Å². The zero-order chi connectivity index (χ0) is 13.9. The van der Waals surface area contributed by atoms with E-state index >= 15 is 0 Å². The van der Waals surface area contributed by atoms with Gasteiger partial charge in [0.05, 0.1) is 18.2 Å². The molecule has 2 heterocycles. The quantitative estimate of drug-likeness (QED) is 0.791. The number of aryl methyl sites for hydroxylation is 1. The van der Waals surface area contributed by atoms with Crippen molar-refractivity contribution >= 4 is 5.82 Å². The van der Waals surface area contributed by atoms with Crippen LogP contribution in [0.2, 0.25) is 0 Å². The Labute approximate surface area is 117 Å². The number of aromatic nitrogens is 3. The van der Waals surface area contributed by atoms with Gasteiger partial charge in [-0.05, 0) is 24.6 Å². The van der Waals surface area contributed by atoms with Crippen molar-refractivity contribution in [3.63, 3.8) is 0 Å². The van der Waals surface area contributed by atoms with Crippen molar-refractivity contribution in [2.75, 3.05) is 5.73 Å². The summed E-state index contributed by atoms with van der Waals surface area (Å²) in [5.41, 5.74) is 10.3. The number of nitrogens with two attached hydrogens (primary N) is 1. The van der Waals surface area contributed by atoms with Crippen LogP contribution >= 0.6 is 0 Å². The van der Waals surface area contributed by atoms with Gasteiger partial charge in [-0.1, -0.05) is 29.8 Å². The van der Waals surface area contributed by atoms with E-state index in [0.29, 0.717) is 5.82 Å². The fourth-order valence-corrected chi connectivity index (χ4v) is 2.18. The molecule has 0 spiro atoms. The second-order valence-electron chi connectivity index (χ2n) is 4.86. The molecule has 4 nitrogen and oxygen atoms in total. The van der Waals surface area contributed by atoms with Gasteiger partial charge in [-0.2, -0.15) is 0 Å². The van der Waals surface area contributed by atoms with Gasteiger partial charge in [-0.25, -0.2) is 9.97 Å². The molecule has 0 aliphatic heterocycles. The Morgan fingerprint density at radius 3 is 2.70 bits per heavy atom. The predicted molar refractivity (Wildman–Crippen MR) is 80.2 cm³/mol. The number of benzene rings is 1. The number of nitrogens with zero attached hydrogens (tertiary/aromatic N) is 3. The van der Waals surface area contributed by atoms with Crippen LogP contribution in [0, 0.1) is 6.92 Å². The van der Waals surface area contributed by atoms with E-state index in [0.717, 1.165) is 17.8 Å². The Morgan fingerprint density at radius 2 is 1.95 bits per heavy atom. The number of hydrogen-bond acceptors (Lipinski definition) is 3. The van der Waals surface area contributed by atoms with Crippen LogP contribution in [0.1, 0.15) is 11.1 Å². The summed E-state index contributed by atoms with van der Waals surface area (Å²) in [5, 5.41) is 0. The van der Waals surface area contributed by atoms with E-state index in [-0.39, 0.29) is 0 Å². The molecule has 100 valence electrons. The minimum absolute atomic E-state index is 0.519. The van der Waals surface area contributed by atoms with Crippen molar-refractivity contribution in [2.45, 2.75) is 13.5 Å². The largest absolute Gasteiger partial charge is 0.384 e. The molecule has 0 fully saturated rings. The summed E-state index contributed by atoms with van der Waals surface area (Å²) < 4.78 is 2.11. The average molecular weight is 264 g/mol. The second-order valence-corrected chi connectivity index (χ2v) is 4.86. The summed E-state index contributed by atoms with van der Waals surface area (Å²) in [6.07, 6.45) is 5.41. The van der Waals surface area contributed by atoms with Gasteiger partial charge in [0.15, 0.2) is 0 Å². The normalized spacial score (nSPS) is 10.7. The van der Waals surface area contributed by atoms with Gasteiger partial charge < -0.3 is 10.3 Å². The third-order valence-corrected chi connectivity index (χ3v) is 3.26. The zero-order valence-electron chi connectivity index (χ0n) is 11.3. The SMILES string of the molecule is Cc1ccc(Cn2cncc2-c2ccnc(N)c2)cc1. The first kappa shape index (κ1) is 12.4. The van der Waals surface area contributed by atoms with Gasteiger partial charge >= 0.3 is 0 Å². The van der Waals surface area contributed by atoms with E-state index in [1.54, 1.807) is 6.20 Å². The van der Waals surface area contributed by atoms with Crippen molar-refractivity contribution in [3.8, 4) is 11.3 Å². The van der Waals surface area contributed by atoms with Crippen molar-refractivity contribution < 1.29 is 0 Å². The van der Waals surface area contributed by atoms with E-state index in [9.17, 15) is 0 Å². The van der Waals surface area contributed by atoms with Crippen LogP contribution in [0.5, 0.6) is 0 Å². The average Bonchev–Trinajstić information content (AvgIpc) is 2.89. The molecule has 4 heteroatoms. The molecule has 3 aromatic rings. The molecular formula is C16H16N4. The smallest absolute Gasteiger partial charge is 0.123 e. The highest BCUT2D eigenvalue weighted by Gasteiger charge is 2.06. The van der Waals surface area contributed by atoms with Crippen molar-refractivity contribution in [3.05, 3.63) is 66.2 Å². The number of rotatable bonds is 3. The third-order valence-electron chi connectivity index (χ3n) is 3.26. The molecule has 2 aromatic heterocycles. The van der Waals surface area contributed by atoms with Gasteiger partial charge in [-0.15, -0.1) is 0 Å². The molecule has 0 saturated carbocycles. The lowest BCUT2D eigenvalue weighted by molar-refractivity contribution is 0.804. The molecule has 0 atom stereocenters. The molecule has 1 aromatic carbocycles. The first-order valence-electron chi connectivity index (χ1n) is 6.50. The van der Waals surface area contributed by atoms with Crippen LogP contribution in [0.15, 0.2) is 55.1 Å². The van der Waals surface area contributed by atoms with Crippen molar-refractivity contribution in [1.82, 2.24) is 14.5 Å². The Morgan fingerprint density at radius 1 is 1.15 bits per heavy atom. The molecule has 0 bridgehead atoms. The summed E-state index contributed by atoms with van der Waals surface area (Å²) in [7, 11) is 0. The lowest BCUT2D eigenvalue weighted by Crippen LogP contribution is -2.01. The molecule has 20 heavy (non-hydrogen) atoms. The molecule has 0 radical (unpaired) electrons. The Kier molecular flexibility index (Phi) is 3.21. The minimum Gasteiger partial charge on any atom is -0.384 e. The third kappa shape index (κ3) is 2.54. The maximum Gasteiger partial charge on any atom is 0.123 e. The fourth-order valence-electron chi connectivity index (χ4n) is 2.18. The molecule has 3 rings (SSSR count). The Balaban J connectivity index is 1.92. The number of hydrogen-bond donors (Lipinski definition) is 1. The lowest BCUT2D eigenvalue weighted by Gasteiger charge is -2.09. The zero-order valence-corrected chi connectivity index (χ0v) is 11.3. The van der Waals surface area contributed by atoms with E-state index < -0.39 is 0 Å². The molecule has 0 saturated heterocycles. The summed E-state index contributed by atoms with van der Waals surface area (Å²) in [5.74, 6) is 0.519. The van der Waals surface area contributed by atoms with Crippen molar-refractivity contribution in [1.29, 1.82) is 0 Å². The molecular weight excluding hydrogens is 248 g/mol. The fraction of sp³-hybridized carbons (Fsp3) is 0.125. The molecule has 2 N–H and O–H groups in total. The van der Waals surface area contributed by atoms with Crippen LogP contribution in [-0.4, -0.2) is 14.5 Å². The first-order chi connectivity index (χ1) is 9.72. The lowest BCUT2D eigenvalue weighted by atomic mass is 10.1. The number of imidazole rings is 1. The summed E-state index contributed by atoms with van der Waals surface area (Å²) in [4.78, 5) is 8.26. The minimum atomic E-state index is 0.519. The van der Waals surface area contributed by atoms with Gasteiger partial charge in [0.25, 0.3) is 0 Å². The standard InChI is InChI=1S/C16H16N4/c1-12-2-4-13(5-3-12)10-20-11-18-9-15(20)14-6-7-19-16(17)8-14/h2-9,11H,10H2,1H3,(H2,17,19). The molecule has 0 aliphatic carbocycles. The topological polar surface area (TPSA) is 56.7 Å². The number of anilines is 1. The maximum atomic E-state index is 5.74. The summed E-state index contributed by atoms with van der Waals surface area (Å²) in [6.45, 7) is 2.88. The van der Waals surface area contributed by atoms with Crippen LogP contribution < -0.4 is 5.73 Å². The summed E-state index contributed by atoms with van der Waals surface area (Å²) in [6, 6.07) is 12.3. The van der Waals surface area contributed by atoms with E-state index in [1.807, 2.05) is 24.7 Å². The highest BCUT2D eigenvalue weighted by atomic mass is 15.0. The summed E-state index contributed by atoms with van der Waals surface area (Å²) >= 11 is 0. The number of pyridine rings is 1. The highest BCUT2D eigenvalue weighted by Crippen LogP contribution is 2.21. The van der Waals surface area contributed by atoms with Crippen LogP contribution in [0.3, 0.4) is 0 Å². The predicted octanol–water partition coefficient (Wildman–Crippen LogP) is 2.88. The Bertz CT molecular complexity index is 713. The molecule has 0 unspecified atom stereocenters. The van der Waals surface area contributed by atoms with Crippen LogP contribution in [0.25, 0.3) is 11.3 Å². The first-order valence-corrected chi connectivity index (χ1v) is 6.50. The van der Waals surface area contributed by atoms with E-state index in [2.05, 4.69) is 45.7 Å². The van der Waals surface area contributed by atoms with Crippen LogP contribution in [0.4, 0.5) is 5.82 Å². The van der Waals surface area contributed by atoms with Gasteiger partial charge in [0, 0.05) is 18.3 Å². The Hall–Kier alpha value is -2.62. The van der Waals surface area contributed by atoms with E-state index in [4.69, 9.17) is 5.73 Å². The van der Waals surface area contributed by atoms with Gasteiger partial charge in [0.1, 0.15) is 5.82 Å². The molecule has 0 aliphatic rings. The van der Waals surface area contributed by atoms with Crippen molar-refractivity contribution in [2.24, 2.45) is 0 Å². The monoisotopic (exact) mass is 264 g/mol. The second kappa shape index (κ2) is 5.17. The highest BCUT2D eigenvalue weighted by molar-refractivity contribution is 5.61. The van der Waals surface area contributed by atoms with Gasteiger partial charge in [-0.3, -0.25) is 0 Å². The van der Waals surface area contributed by atoms with Crippen LogP contribution in [-0.2, 0) is 6.54 Å².